The van der Waals surface area contributed by atoms with E-state index >= 15 is 0 Å². The Morgan fingerprint density at radius 2 is 1.68 bits per heavy atom. The van der Waals surface area contributed by atoms with Gasteiger partial charge in [-0.2, -0.15) is 13.2 Å². The third-order valence-electron chi connectivity index (χ3n) is 9.60. The minimum absolute atomic E-state index is 0.180. The standard InChI is InChI=1S/C34H46ClF4N3O2/c1-23-7-8-27(35)21-29(23)25(12-18-41-15-5-4-6-16-41)11-17-40(3)32(33(43)44)28-9-10-30(36)24(2)31(28)26-13-19-42(20-14-26)22-34(37,38)39/h7-10,21,25-26,32H,4-6,11-20,22H2,1-3H3,(H,43,44)/t25-,32-/m1/s1. The summed E-state index contributed by atoms with van der Waals surface area (Å²) in [5, 5.41) is 11.2. The van der Waals surface area contributed by atoms with Gasteiger partial charge in [0, 0.05) is 5.02 Å². The monoisotopic (exact) mass is 639 g/mol. The molecule has 2 aliphatic rings. The van der Waals surface area contributed by atoms with Gasteiger partial charge in [-0.3, -0.25) is 14.6 Å². The van der Waals surface area contributed by atoms with Crippen LogP contribution in [-0.2, 0) is 4.79 Å². The first kappa shape index (κ1) is 34.7. The molecule has 0 aromatic heterocycles. The van der Waals surface area contributed by atoms with E-state index in [4.69, 9.17) is 11.6 Å². The molecule has 0 radical (unpaired) electrons. The van der Waals surface area contributed by atoms with Gasteiger partial charge in [-0.05, 0) is 157 Å². The smallest absolute Gasteiger partial charge is 0.401 e. The average molecular weight is 640 g/mol. The molecule has 0 spiro atoms. The maximum atomic E-state index is 14.9. The number of halogens is 5. The molecule has 2 aromatic carbocycles. The van der Waals surface area contributed by atoms with Gasteiger partial charge in [0.25, 0.3) is 0 Å². The van der Waals surface area contributed by atoms with Crippen molar-refractivity contribution in [3.05, 3.63) is 69.0 Å². The molecule has 2 aliphatic heterocycles. The number of rotatable bonds is 12. The number of hydrogen-bond donors (Lipinski definition) is 1. The maximum Gasteiger partial charge on any atom is 0.401 e. The number of aliphatic carboxylic acids is 1. The van der Waals surface area contributed by atoms with Crippen LogP contribution in [0.2, 0.25) is 5.02 Å². The lowest BCUT2D eigenvalue weighted by atomic mass is 9.81. The van der Waals surface area contributed by atoms with Crippen molar-refractivity contribution in [2.75, 3.05) is 52.9 Å². The summed E-state index contributed by atoms with van der Waals surface area (Å²) in [4.78, 5) is 18.5. The van der Waals surface area contributed by atoms with Crippen molar-refractivity contribution in [2.24, 2.45) is 0 Å². The van der Waals surface area contributed by atoms with Gasteiger partial charge < -0.3 is 10.0 Å². The molecule has 4 rings (SSSR count). The fourth-order valence-electron chi connectivity index (χ4n) is 7.21. The van der Waals surface area contributed by atoms with Crippen molar-refractivity contribution < 1.29 is 27.5 Å². The van der Waals surface area contributed by atoms with Crippen LogP contribution in [-0.4, -0.2) is 84.8 Å². The molecule has 2 fully saturated rings. The lowest BCUT2D eigenvalue weighted by Gasteiger charge is -2.36. The van der Waals surface area contributed by atoms with Crippen LogP contribution < -0.4 is 0 Å². The summed E-state index contributed by atoms with van der Waals surface area (Å²) in [6, 6.07) is 7.81. The number of likely N-dealkylation sites (N-methyl/N-ethyl adjacent to an activating group) is 1. The van der Waals surface area contributed by atoms with E-state index in [1.165, 1.54) is 35.8 Å². The van der Waals surface area contributed by atoms with Crippen LogP contribution in [0.3, 0.4) is 0 Å². The molecule has 10 heteroatoms. The van der Waals surface area contributed by atoms with Gasteiger partial charge in [0.2, 0.25) is 0 Å². The highest BCUT2D eigenvalue weighted by molar-refractivity contribution is 6.30. The lowest BCUT2D eigenvalue weighted by molar-refractivity contribution is -0.148. The molecule has 44 heavy (non-hydrogen) atoms. The number of carboxylic acid groups (broad SMARTS) is 1. The van der Waals surface area contributed by atoms with Crippen LogP contribution in [0.5, 0.6) is 0 Å². The minimum atomic E-state index is -4.28. The van der Waals surface area contributed by atoms with Crippen LogP contribution in [0.1, 0.15) is 90.6 Å². The molecule has 1 N–H and O–H groups in total. The Bertz CT molecular complexity index is 1260. The molecular formula is C34H46ClF4N3O2. The van der Waals surface area contributed by atoms with Gasteiger partial charge in [0.05, 0.1) is 6.54 Å². The fourth-order valence-corrected chi connectivity index (χ4v) is 7.39. The Kier molecular flexibility index (Phi) is 12.1. The Balaban J connectivity index is 1.54. The van der Waals surface area contributed by atoms with Gasteiger partial charge in [0.1, 0.15) is 11.9 Å². The maximum absolute atomic E-state index is 14.9. The summed E-state index contributed by atoms with van der Waals surface area (Å²) in [6.07, 6.45) is 1.90. The largest absolute Gasteiger partial charge is 0.480 e. The van der Waals surface area contributed by atoms with E-state index in [0.717, 1.165) is 38.0 Å². The molecule has 2 heterocycles. The highest BCUT2D eigenvalue weighted by atomic mass is 35.5. The highest BCUT2D eigenvalue weighted by Gasteiger charge is 2.36. The third-order valence-corrected chi connectivity index (χ3v) is 9.84. The second kappa shape index (κ2) is 15.4. The Morgan fingerprint density at radius 1 is 1.00 bits per heavy atom. The van der Waals surface area contributed by atoms with E-state index in [-0.39, 0.29) is 24.9 Å². The van der Waals surface area contributed by atoms with Crippen LogP contribution >= 0.6 is 11.6 Å². The predicted molar refractivity (Wildman–Crippen MR) is 167 cm³/mol. The molecule has 5 nitrogen and oxygen atoms in total. The molecular weight excluding hydrogens is 594 g/mol. The van der Waals surface area contributed by atoms with Crippen LogP contribution in [0.25, 0.3) is 0 Å². The van der Waals surface area contributed by atoms with E-state index in [0.29, 0.717) is 41.1 Å². The number of piperidine rings is 2. The number of hydrogen-bond acceptors (Lipinski definition) is 4. The Hall–Kier alpha value is -2.20. The number of aryl methyl sites for hydroxylation is 1. The van der Waals surface area contributed by atoms with E-state index in [2.05, 4.69) is 11.8 Å². The van der Waals surface area contributed by atoms with Gasteiger partial charge in [-0.15, -0.1) is 0 Å². The molecule has 0 bridgehead atoms. The van der Waals surface area contributed by atoms with Crippen molar-refractivity contribution in [1.82, 2.24) is 14.7 Å². The molecule has 2 saturated heterocycles. The quantitative estimate of drug-likeness (QED) is 0.239. The van der Waals surface area contributed by atoms with Gasteiger partial charge in [-0.1, -0.05) is 30.2 Å². The summed E-state index contributed by atoms with van der Waals surface area (Å²) in [5.41, 5.74) is 3.87. The summed E-state index contributed by atoms with van der Waals surface area (Å²) < 4.78 is 53.8. The second-order valence-corrected chi connectivity index (χ2v) is 13.2. The number of carbonyl (C=O) groups is 1. The molecule has 0 aliphatic carbocycles. The number of alkyl halides is 3. The molecule has 244 valence electrons. The third kappa shape index (κ3) is 9.18. The molecule has 0 saturated carbocycles. The van der Waals surface area contributed by atoms with Crippen molar-refractivity contribution in [3.8, 4) is 0 Å². The van der Waals surface area contributed by atoms with Gasteiger partial charge in [-0.25, -0.2) is 4.39 Å². The zero-order valence-electron chi connectivity index (χ0n) is 26.1. The normalized spacial score (nSPS) is 18.9. The Morgan fingerprint density at radius 3 is 2.32 bits per heavy atom. The SMILES string of the molecule is Cc1ccc(Cl)cc1[C@@H](CCN1CCCCC1)CCN(C)[C@@H](C(=O)O)c1ccc(F)c(C)c1C1CCN(CC(F)(F)F)CC1. The second-order valence-electron chi connectivity index (χ2n) is 12.7. The van der Waals surface area contributed by atoms with Gasteiger partial charge in [0.15, 0.2) is 0 Å². The van der Waals surface area contributed by atoms with E-state index in [1.54, 1.807) is 20.0 Å². The zero-order chi connectivity index (χ0) is 32.0. The molecule has 0 unspecified atom stereocenters. The van der Waals surface area contributed by atoms with E-state index in [1.807, 2.05) is 23.1 Å². The fraction of sp³-hybridized carbons (Fsp3) is 0.618. The number of likely N-dealkylation sites (tertiary alicyclic amines) is 2. The van der Waals surface area contributed by atoms with E-state index < -0.39 is 30.5 Å². The van der Waals surface area contributed by atoms with Crippen molar-refractivity contribution >= 4 is 17.6 Å². The number of benzene rings is 2. The van der Waals surface area contributed by atoms with Crippen LogP contribution in [0.4, 0.5) is 17.6 Å². The number of nitrogens with zero attached hydrogens (tertiary/aromatic N) is 3. The Labute approximate surface area is 264 Å². The summed E-state index contributed by atoms with van der Waals surface area (Å²) >= 11 is 6.42. The van der Waals surface area contributed by atoms with E-state index in [9.17, 15) is 27.5 Å². The average Bonchev–Trinajstić information content (AvgIpc) is 2.97. The zero-order valence-corrected chi connectivity index (χ0v) is 26.9. The molecule has 2 atom stereocenters. The predicted octanol–water partition coefficient (Wildman–Crippen LogP) is 7.95. The van der Waals surface area contributed by atoms with Gasteiger partial charge >= 0.3 is 12.1 Å². The number of carboxylic acids is 1. The summed E-state index contributed by atoms with van der Waals surface area (Å²) in [6.45, 7) is 6.87. The minimum Gasteiger partial charge on any atom is -0.480 e. The van der Waals surface area contributed by atoms with Crippen molar-refractivity contribution in [3.63, 3.8) is 0 Å². The van der Waals surface area contributed by atoms with Crippen molar-refractivity contribution in [1.29, 1.82) is 0 Å². The first-order chi connectivity index (χ1) is 20.8. The topological polar surface area (TPSA) is 47.0 Å². The summed E-state index contributed by atoms with van der Waals surface area (Å²) in [7, 11) is 1.79. The highest BCUT2D eigenvalue weighted by Crippen LogP contribution is 2.39. The lowest BCUT2D eigenvalue weighted by Crippen LogP contribution is -2.40. The molecule has 0 amide bonds. The molecule has 2 aromatic rings. The van der Waals surface area contributed by atoms with Crippen LogP contribution in [0, 0.1) is 19.7 Å². The first-order valence-electron chi connectivity index (χ1n) is 15.8. The van der Waals surface area contributed by atoms with Crippen molar-refractivity contribution in [2.45, 2.75) is 82.8 Å². The first-order valence-corrected chi connectivity index (χ1v) is 16.2. The van der Waals surface area contributed by atoms with Crippen LogP contribution in [0.15, 0.2) is 30.3 Å². The summed E-state index contributed by atoms with van der Waals surface area (Å²) in [5.74, 6) is -1.49.